The first-order valence-electron chi connectivity index (χ1n) is 5.96. The molecule has 1 aromatic rings. The number of carboxylic acids is 1. The summed E-state index contributed by atoms with van der Waals surface area (Å²) >= 11 is 0. The van der Waals surface area contributed by atoms with Crippen LogP contribution in [0.2, 0.25) is 0 Å². The van der Waals surface area contributed by atoms with E-state index in [1.165, 1.54) is 5.56 Å². The van der Waals surface area contributed by atoms with Crippen molar-refractivity contribution in [1.29, 1.82) is 0 Å². The molecule has 2 aliphatic rings. The highest BCUT2D eigenvalue weighted by atomic mass is 35.5. The number of nitrogens with zero attached hydrogens (tertiary/aromatic N) is 1. The zero-order valence-electron chi connectivity index (χ0n) is 10.4. The summed E-state index contributed by atoms with van der Waals surface area (Å²) < 4.78 is 0. The Morgan fingerprint density at radius 3 is 2.63 bits per heavy atom. The Hall–Kier alpha value is -0.810. The molecule has 0 saturated carbocycles. The lowest BCUT2D eigenvalue weighted by molar-refractivity contribution is -0.149. The lowest BCUT2D eigenvalue weighted by Gasteiger charge is -2.35. The Kier molecular flexibility index (Phi) is 5.21. The van der Waals surface area contributed by atoms with E-state index >= 15 is 0 Å². The molecule has 2 bridgehead atoms. The Labute approximate surface area is 125 Å². The van der Waals surface area contributed by atoms with Crippen LogP contribution in [0.1, 0.15) is 12.0 Å². The van der Waals surface area contributed by atoms with Gasteiger partial charge in [0.05, 0.1) is 0 Å². The van der Waals surface area contributed by atoms with Crippen molar-refractivity contribution in [2.45, 2.75) is 24.5 Å². The predicted octanol–water partition coefficient (Wildman–Crippen LogP) is 1.53. The highest BCUT2D eigenvalue weighted by Gasteiger charge is 2.55. The van der Waals surface area contributed by atoms with Gasteiger partial charge < -0.3 is 10.4 Å². The second-order valence-corrected chi connectivity index (χ2v) is 4.98. The number of hydrogen-bond donors (Lipinski definition) is 2. The van der Waals surface area contributed by atoms with Crippen LogP contribution in [0.25, 0.3) is 0 Å². The third-order valence-corrected chi connectivity index (χ3v) is 3.93. The smallest absolute Gasteiger partial charge is 0.325 e. The van der Waals surface area contributed by atoms with Gasteiger partial charge in [0.15, 0.2) is 0 Å². The second-order valence-electron chi connectivity index (χ2n) is 4.98. The molecule has 3 rings (SSSR count). The fraction of sp³-hybridized carbons (Fsp3) is 0.462. The summed E-state index contributed by atoms with van der Waals surface area (Å²) in [7, 11) is 0. The first-order valence-corrected chi connectivity index (χ1v) is 5.96. The quantitative estimate of drug-likeness (QED) is 0.889. The van der Waals surface area contributed by atoms with Gasteiger partial charge in [-0.1, -0.05) is 30.3 Å². The molecule has 2 saturated heterocycles. The Morgan fingerprint density at radius 1 is 1.37 bits per heavy atom. The first-order chi connectivity index (χ1) is 8.21. The molecule has 4 nitrogen and oxygen atoms in total. The molecule has 106 valence electrons. The molecule has 2 heterocycles. The van der Waals surface area contributed by atoms with Gasteiger partial charge in [-0.15, -0.1) is 24.8 Å². The van der Waals surface area contributed by atoms with Crippen LogP contribution in [0.15, 0.2) is 30.3 Å². The van der Waals surface area contributed by atoms with Crippen LogP contribution in [0.4, 0.5) is 0 Å². The summed E-state index contributed by atoms with van der Waals surface area (Å²) in [6, 6.07) is 10.4. The third-order valence-electron chi connectivity index (χ3n) is 3.93. The zero-order chi connectivity index (χ0) is 11.9. The van der Waals surface area contributed by atoms with Crippen LogP contribution in [0.3, 0.4) is 0 Å². The predicted molar refractivity (Wildman–Crippen MR) is 78.1 cm³/mol. The highest BCUT2D eigenvalue weighted by molar-refractivity contribution is 5.85. The number of fused-ring (bicyclic) bond motifs is 2. The average molecular weight is 305 g/mol. The fourth-order valence-electron chi connectivity index (χ4n) is 2.99. The molecule has 1 aromatic carbocycles. The average Bonchev–Trinajstić information content (AvgIpc) is 2.89. The van der Waals surface area contributed by atoms with E-state index in [-0.39, 0.29) is 24.8 Å². The summed E-state index contributed by atoms with van der Waals surface area (Å²) in [5.74, 6) is -0.694. The summed E-state index contributed by atoms with van der Waals surface area (Å²) in [4.78, 5) is 13.6. The van der Waals surface area contributed by atoms with Crippen LogP contribution in [-0.4, -0.2) is 40.6 Å². The summed E-state index contributed by atoms with van der Waals surface area (Å²) in [6.07, 6.45) is 0.731. The third kappa shape index (κ3) is 2.72. The summed E-state index contributed by atoms with van der Waals surface area (Å²) in [6.45, 7) is 2.13. The number of nitrogens with one attached hydrogen (secondary N) is 1. The maximum Gasteiger partial charge on any atom is 0.325 e. The van der Waals surface area contributed by atoms with E-state index in [2.05, 4.69) is 22.3 Å². The van der Waals surface area contributed by atoms with Gasteiger partial charge in [-0.25, -0.2) is 0 Å². The maximum absolute atomic E-state index is 11.5. The number of aliphatic carboxylic acids is 1. The van der Waals surface area contributed by atoms with Crippen molar-refractivity contribution in [2.24, 2.45) is 0 Å². The van der Waals surface area contributed by atoms with E-state index in [0.717, 1.165) is 19.5 Å². The Morgan fingerprint density at radius 2 is 2.05 bits per heavy atom. The molecular weight excluding hydrogens is 287 g/mol. The number of carboxylic acid groups (broad SMARTS) is 1. The summed E-state index contributed by atoms with van der Waals surface area (Å²) in [5, 5.41) is 12.7. The zero-order valence-corrected chi connectivity index (χ0v) is 12.0. The number of likely N-dealkylation sites (tertiary alicyclic amines) is 1. The van der Waals surface area contributed by atoms with Crippen LogP contribution in [0, 0.1) is 0 Å². The SMILES string of the molecule is Cl.Cl.O=C(O)[C@]12CN[C@H](CN1Cc1ccccc1)C2. The molecule has 2 N–H and O–H groups in total. The van der Waals surface area contributed by atoms with E-state index in [9.17, 15) is 9.90 Å². The van der Waals surface area contributed by atoms with Crippen molar-refractivity contribution in [2.75, 3.05) is 13.1 Å². The van der Waals surface area contributed by atoms with Crippen molar-refractivity contribution < 1.29 is 9.90 Å². The van der Waals surface area contributed by atoms with E-state index in [0.29, 0.717) is 12.6 Å². The van der Waals surface area contributed by atoms with Crippen LogP contribution < -0.4 is 5.32 Å². The molecule has 0 radical (unpaired) electrons. The van der Waals surface area contributed by atoms with Crippen LogP contribution >= 0.6 is 24.8 Å². The maximum atomic E-state index is 11.5. The Bertz CT molecular complexity index is 444. The molecule has 2 atom stereocenters. The van der Waals surface area contributed by atoms with Gasteiger partial charge >= 0.3 is 5.97 Å². The number of benzene rings is 1. The van der Waals surface area contributed by atoms with Crippen molar-refractivity contribution in [1.82, 2.24) is 10.2 Å². The van der Waals surface area contributed by atoms with Gasteiger partial charge in [0, 0.05) is 25.7 Å². The number of rotatable bonds is 3. The van der Waals surface area contributed by atoms with E-state index in [4.69, 9.17) is 0 Å². The summed E-state index contributed by atoms with van der Waals surface area (Å²) in [5.41, 5.74) is 0.501. The highest BCUT2D eigenvalue weighted by Crippen LogP contribution is 2.35. The molecule has 6 heteroatoms. The Balaban J connectivity index is 0.000000902. The molecule has 0 unspecified atom stereocenters. The largest absolute Gasteiger partial charge is 0.480 e. The molecule has 0 aromatic heterocycles. The lowest BCUT2D eigenvalue weighted by Crippen LogP contribution is -2.56. The number of hydrogen-bond acceptors (Lipinski definition) is 3. The van der Waals surface area contributed by atoms with Gasteiger partial charge in [0.1, 0.15) is 5.54 Å². The molecule has 2 fully saturated rings. The van der Waals surface area contributed by atoms with Gasteiger partial charge in [0.2, 0.25) is 0 Å². The minimum Gasteiger partial charge on any atom is -0.480 e. The molecule has 2 aliphatic heterocycles. The van der Waals surface area contributed by atoms with Gasteiger partial charge in [-0.3, -0.25) is 9.69 Å². The van der Waals surface area contributed by atoms with Gasteiger partial charge in [-0.05, 0) is 12.0 Å². The van der Waals surface area contributed by atoms with Gasteiger partial charge in [0.25, 0.3) is 0 Å². The van der Waals surface area contributed by atoms with E-state index < -0.39 is 11.5 Å². The second kappa shape index (κ2) is 6.09. The van der Waals surface area contributed by atoms with Crippen molar-refractivity contribution in [3.8, 4) is 0 Å². The van der Waals surface area contributed by atoms with Crippen LogP contribution in [0.5, 0.6) is 0 Å². The minimum absolute atomic E-state index is 0. The molecule has 0 amide bonds. The monoisotopic (exact) mass is 304 g/mol. The molecule has 0 spiro atoms. The fourth-order valence-corrected chi connectivity index (χ4v) is 2.99. The lowest BCUT2D eigenvalue weighted by atomic mass is 9.98. The number of piperazine rings is 1. The molecule has 19 heavy (non-hydrogen) atoms. The number of carbonyl (C=O) groups is 1. The standard InChI is InChI=1S/C13H16N2O2.2ClH/c16-12(17)13-6-11(14-9-13)8-15(13)7-10-4-2-1-3-5-10;;/h1-5,11,14H,6-9H2,(H,16,17);2*1H/t11-,13-;;/m0../s1. The normalized spacial score (nSPS) is 28.5. The van der Waals surface area contributed by atoms with Crippen LogP contribution in [-0.2, 0) is 11.3 Å². The first kappa shape index (κ1) is 16.2. The molecule has 0 aliphatic carbocycles. The topological polar surface area (TPSA) is 52.6 Å². The van der Waals surface area contributed by atoms with Gasteiger partial charge in [-0.2, -0.15) is 0 Å². The number of halogens is 2. The molecular formula is C13H18Cl2N2O2. The van der Waals surface area contributed by atoms with Crippen molar-refractivity contribution in [3.05, 3.63) is 35.9 Å². The van der Waals surface area contributed by atoms with Crippen molar-refractivity contribution >= 4 is 30.8 Å². The van der Waals surface area contributed by atoms with E-state index in [1.54, 1.807) is 0 Å². The van der Waals surface area contributed by atoms with E-state index in [1.807, 2.05) is 18.2 Å². The van der Waals surface area contributed by atoms with Crippen molar-refractivity contribution in [3.63, 3.8) is 0 Å². The minimum atomic E-state index is -0.694.